The number of piperidine rings is 1. The Morgan fingerprint density at radius 3 is 2.78 bits per heavy atom. The van der Waals surface area contributed by atoms with Gasteiger partial charge in [-0.2, -0.15) is 0 Å². The standard InChI is InChI=1S/C20H18F2N2O3/c21-14-3-1-4-15(11-14)24-12-13(7-8-18(24)25)20(26)23-9-10-27-17-6-2-5-16(22)19(17)23/h1-6,11,13H,7-10,12H2. The molecule has 0 aromatic heterocycles. The van der Waals surface area contributed by atoms with Crippen LogP contribution in [0.4, 0.5) is 20.2 Å². The fraction of sp³-hybridized carbons (Fsp3) is 0.300. The minimum Gasteiger partial charge on any atom is -0.489 e. The van der Waals surface area contributed by atoms with Crippen molar-refractivity contribution in [2.75, 3.05) is 29.5 Å². The van der Waals surface area contributed by atoms with Gasteiger partial charge in [0.2, 0.25) is 11.8 Å². The average molecular weight is 372 g/mol. The monoisotopic (exact) mass is 372 g/mol. The van der Waals surface area contributed by atoms with Crippen molar-refractivity contribution in [1.29, 1.82) is 0 Å². The molecule has 2 amide bonds. The third kappa shape index (κ3) is 3.25. The molecule has 140 valence electrons. The molecule has 1 atom stereocenters. The predicted molar refractivity (Wildman–Crippen MR) is 95.7 cm³/mol. The van der Waals surface area contributed by atoms with E-state index in [1.54, 1.807) is 12.1 Å². The Morgan fingerprint density at radius 2 is 1.96 bits per heavy atom. The van der Waals surface area contributed by atoms with Crippen LogP contribution in [0.1, 0.15) is 12.8 Å². The number of carbonyl (C=O) groups is 2. The second-order valence-corrected chi connectivity index (χ2v) is 6.64. The van der Waals surface area contributed by atoms with Crippen LogP contribution in [0.25, 0.3) is 0 Å². The number of benzene rings is 2. The van der Waals surface area contributed by atoms with Crippen LogP contribution in [0.3, 0.4) is 0 Å². The summed E-state index contributed by atoms with van der Waals surface area (Å²) in [4.78, 5) is 28.2. The Hall–Kier alpha value is -2.96. The first kappa shape index (κ1) is 17.5. The van der Waals surface area contributed by atoms with Crippen molar-refractivity contribution in [2.45, 2.75) is 12.8 Å². The summed E-state index contributed by atoms with van der Waals surface area (Å²) in [5, 5.41) is 0. The molecule has 2 aliphatic rings. The summed E-state index contributed by atoms with van der Waals surface area (Å²) in [7, 11) is 0. The molecule has 4 rings (SSSR count). The zero-order valence-corrected chi connectivity index (χ0v) is 14.5. The molecule has 2 aromatic carbocycles. The summed E-state index contributed by atoms with van der Waals surface area (Å²) in [6, 6.07) is 10.2. The van der Waals surface area contributed by atoms with E-state index in [0.717, 1.165) is 0 Å². The quantitative estimate of drug-likeness (QED) is 0.814. The molecule has 2 heterocycles. The SMILES string of the molecule is O=C1CCC(C(=O)N2CCOc3cccc(F)c32)CN1c1cccc(F)c1. The van der Waals surface area contributed by atoms with Crippen LogP contribution in [0.15, 0.2) is 42.5 Å². The minimum absolute atomic E-state index is 0.141. The molecule has 0 N–H and O–H groups in total. The van der Waals surface area contributed by atoms with Crippen molar-refractivity contribution in [1.82, 2.24) is 0 Å². The van der Waals surface area contributed by atoms with Crippen molar-refractivity contribution in [3.05, 3.63) is 54.1 Å². The maximum Gasteiger partial charge on any atom is 0.232 e. The Morgan fingerprint density at radius 1 is 1.15 bits per heavy atom. The molecule has 2 aliphatic heterocycles. The first-order valence-corrected chi connectivity index (χ1v) is 8.83. The van der Waals surface area contributed by atoms with Gasteiger partial charge in [0, 0.05) is 18.7 Å². The van der Waals surface area contributed by atoms with E-state index >= 15 is 0 Å². The fourth-order valence-corrected chi connectivity index (χ4v) is 3.61. The van der Waals surface area contributed by atoms with Crippen molar-refractivity contribution in [2.24, 2.45) is 5.92 Å². The molecule has 2 aromatic rings. The molecule has 0 saturated carbocycles. The van der Waals surface area contributed by atoms with Crippen molar-refractivity contribution in [3.8, 4) is 5.75 Å². The topological polar surface area (TPSA) is 49.9 Å². The van der Waals surface area contributed by atoms with Gasteiger partial charge in [0.05, 0.1) is 12.5 Å². The maximum absolute atomic E-state index is 14.3. The second-order valence-electron chi connectivity index (χ2n) is 6.64. The number of fused-ring (bicyclic) bond motifs is 1. The highest BCUT2D eigenvalue weighted by Gasteiger charge is 2.36. The molecule has 0 radical (unpaired) electrons. The molecule has 1 saturated heterocycles. The number of para-hydroxylation sites is 1. The predicted octanol–water partition coefficient (Wildman–Crippen LogP) is 3.13. The summed E-state index contributed by atoms with van der Waals surface area (Å²) in [5.41, 5.74) is 0.564. The first-order valence-electron chi connectivity index (χ1n) is 8.83. The van der Waals surface area contributed by atoms with E-state index < -0.39 is 17.6 Å². The van der Waals surface area contributed by atoms with E-state index in [9.17, 15) is 18.4 Å². The Labute approximate surface area is 155 Å². The Kier molecular flexibility index (Phi) is 4.51. The third-order valence-corrected chi connectivity index (χ3v) is 4.94. The molecule has 0 aliphatic carbocycles. The molecule has 0 spiro atoms. The number of anilines is 2. The van der Waals surface area contributed by atoms with Gasteiger partial charge in [0.15, 0.2) is 5.82 Å². The lowest BCUT2D eigenvalue weighted by atomic mass is 9.95. The highest BCUT2D eigenvalue weighted by Crippen LogP contribution is 2.36. The van der Waals surface area contributed by atoms with Gasteiger partial charge < -0.3 is 14.5 Å². The second kappa shape index (κ2) is 6.98. The summed E-state index contributed by atoms with van der Waals surface area (Å²) in [6.07, 6.45) is 0.562. The van der Waals surface area contributed by atoms with Crippen LogP contribution in [0.5, 0.6) is 5.75 Å². The lowest BCUT2D eigenvalue weighted by molar-refractivity contribution is -0.125. The Bertz CT molecular complexity index is 903. The van der Waals surface area contributed by atoms with Gasteiger partial charge in [-0.15, -0.1) is 0 Å². The van der Waals surface area contributed by atoms with Crippen LogP contribution in [0.2, 0.25) is 0 Å². The summed E-state index contributed by atoms with van der Waals surface area (Å²) >= 11 is 0. The third-order valence-electron chi connectivity index (χ3n) is 4.94. The van der Waals surface area contributed by atoms with E-state index in [2.05, 4.69) is 0 Å². The van der Waals surface area contributed by atoms with Crippen LogP contribution in [0, 0.1) is 17.6 Å². The summed E-state index contributed by atoms with van der Waals surface area (Å²) in [6.45, 7) is 0.668. The lowest BCUT2D eigenvalue weighted by Gasteiger charge is -2.36. The smallest absolute Gasteiger partial charge is 0.232 e. The number of halogens is 2. The zero-order valence-electron chi connectivity index (χ0n) is 14.5. The fourth-order valence-electron chi connectivity index (χ4n) is 3.61. The zero-order chi connectivity index (χ0) is 19.0. The van der Waals surface area contributed by atoms with Gasteiger partial charge in [0.25, 0.3) is 0 Å². The molecule has 5 nitrogen and oxygen atoms in total. The number of rotatable bonds is 2. The molecule has 1 fully saturated rings. The Balaban J connectivity index is 1.59. The van der Waals surface area contributed by atoms with E-state index in [-0.39, 0.29) is 43.6 Å². The molecule has 7 heteroatoms. The lowest BCUT2D eigenvalue weighted by Crippen LogP contribution is -2.49. The van der Waals surface area contributed by atoms with Gasteiger partial charge in [-0.3, -0.25) is 9.59 Å². The highest BCUT2D eigenvalue weighted by molar-refractivity contribution is 6.01. The highest BCUT2D eigenvalue weighted by atomic mass is 19.1. The van der Waals surface area contributed by atoms with Gasteiger partial charge in [-0.05, 0) is 36.8 Å². The van der Waals surface area contributed by atoms with E-state index in [1.807, 2.05) is 0 Å². The normalized spacial score (nSPS) is 19.5. The van der Waals surface area contributed by atoms with Crippen molar-refractivity contribution < 1.29 is 23.1 Å². The van der Waals surface area contributed by atoms with Crippen molar-refractivity contribution in [3.63, 3.8) is 0 Å². The molecule has 0 bridgehead atoms. The van der Waals surface area contributed by atoms with Gasteiger partial charge in [-0.1, -0.05) is 12.1 Å². The van der Waals surface area contributed by atoms with Crippen LogP contribution < -0.4 is 14.5 Å². The van der Waals surface area contributed by atoms with Crippen LogP contribution in [-0.2, 0) is 9.59 Å². The van der Waals surface area contributed by atoms with Crippen LogP contribution in [-0.4, -0.2) is 31.5 Å². The summed E-state index contributed by atoms with van der Waals surface area (Å²) in [5.74, 6) is -1.52. The number of amides is 2. The minimum atomic E-state index is -0.519. The molecular formula is C20H18F2N2O3. The van der Waals surface area contributed by atoms with E-state index in [0.29, 0.717) is 17.9 Å². The van der Waals surface area contributed by atoms with Gasteiger partial charge in [-0.25, -0.2) is 8.78 Å². The van der Waals surface area contributed by atoms with E-state index in [4.69, 9.17) is 4.74 Å². The first-order chi connectivity index (χ1) is 13.0. The number of hydrogen-bond acceptors (Lipinski definition) is 3. The largest absolute Gasteiger partial charge is 0.489 e. The average Bonchev–Trinajstić information content (AvgIpc) is 2.67. The van der Waals surface area contributed by atoms with Gasteiger partial charge in [0.1, 0.15) is 23.9 Å². The van der Waals surface area contributed by atoms with Crippen molar-refractivity contribution >= 4 is 23.2 Å². The number of nitrogens with zero attached hydrogens (tertiary/aromatic N) is 2. The van der Waals surface area contributed by atoms with Crippen LogP contribution >= 0.6 is 0 Å². The number of carbonyl (C=O) groups excluding carboxylic acids is 2. The van der Waals surface area contributed by atoms with E-state index in [1.165, 1.54) is 40.1 Å². The molecule has 1 unspecified atom stereocenters. The maximum atomic E-state index is 14.3. The van der Waals surface area contributed by atoms with Gasteiger partial charge >= 0.3 is 0 Å². The summed E-state index contributed by atoms with van der Waals surface area (Å²) < 4.78 is 33.3. The molecule has 27 heavy (non-hydrogen) atoms. The molecular weight excluding hydrogens is 354 g/mol. The number of hydrogen-bond donors (Lipinski definition) is 0. The number of ether oxygens (including phenoxy) is 1.